The van der Waals surface area contributed by atoms with Crippen LogP contribution in [-0.4, -0.2) is 41.7 Å². The van der Waals surface area contributed by atoms with E-state index in [0.29, 0.717) is 30.9 Å². The van der Waals surface area contributed by atoms with E-state index in [1.54, 1.807) is 4.90 Å². The number of aromatic nitrogens is 1. The molecule has 0 aromatic carbocycles. The van der Waals surface area contributed by atoms with Gasteiger partial charge < -0.3 is 20.7 Å². The lowest BCUT2D eigenvalue weighted by Crippen LogP contribution is -2.35. The smallest absolute Gasteiger partial charge is 0.409 e. The fourth-order valence-corrected chi connectivity index (χ4v) is 2.52. The molecule has 7 heteroatoms. The molecular formula is C11H18N4O2S. The molecule has 0 radical (unpaired) electrons. The Kier molecular flexibility index (Phi) is 4.38. The highest BCUT2D eigenvalue weighted by Crippen LogP contribution is 2.13. The molecule has 0 aliphatic carbocycles. The molecule has 1 saturated heterocycles. The highest BCUT2D eigenvalue weighted by atomic mass is 32.1. The first-order valence-electron chi connectivity index (χ1n) is 6.04. The maximum Gasteiger partial charge on any atom is 0.409 e. The SMILES string of the molecule is CCOC(=O)N1CC[C@@H](NCc2csc(N)n2)C1. The molecule has 1 atom stereocenters. The number of carbonyl (C=O) groups is 1. The van der Waals surface area contributed by atoms with Crippen molar-refractivity contribution in [2.24, 2.45) is 0 Å². The number of hydrogen-bond donors (Lipinski definition) is 2. The van der Waals surface area contributed by atoms with Crippen LogP contribution >= 0.6 is 11.3 Å². The highest BCUT2D eigenvalue weighted by molar-refractivity contribution is 7.13. The van der Waals surface area contributed by atoms with E-state index in [-0.39, 0.29) is 6.09 Å². The average molecular weight is 270 g/mol. The summed E-state index contributed by atoms with van der Waals surface area (Å²) in [4.78, 5) is 17.4. The van der Waals surface area contributed by atoms with Gasteiger partial charge in [0.1, 0.15) is 0 Å². The number of carbonyl (C=O) groups excluding carboxylic acids is 1. The molecule has 0 spiro atoms. The molecule has 18 heavy (non-hydrogen) atoms. The minimum Gasteiger partial charge on any atom is -0.450 e. The predicted octanol–water partition coefficient (Wildman–Crippen LogP) is 1.05. The first-order valence-corrected chi connectivity index (χ1v) is 6.92. The maximum absolute atomic E-state index is 11.5. The summed E-state index contributed by atoms with van der Waals surface area (Å²) < 4.78 is 4.97. The molecule has 100 valence electrons. The van der Waals surface area contributed by atoms with Gasteiger partial charge in [-0.15, -0.1) is 11.3 Å². The van der Waals surface area contributed by atoms with Crippen LogP contribution in [0, 0.1) is 0 Å². The van der Waals surface area contributed by atoms with Gasteiger partial charge in [0.25, 0.3) is 0 Å². The zero-order chi connectivity index (χ0) is 13.0. The molecule has 1 aromatic heterocycles. The molecule has 2 heterocycles. The van der Waals surface area contributed by atoms with Crippen molar-refractivity contribution in [2.45, 2.75) is 25.9 Å². The van der Waals surface area contributed by atoms with E-state index in [0.717, 1.165) is 18.7 Å². The van der Waals surface area contributed by atoms with Gasteiger partial charge in [0.05, 0.1) is 12.3 Å². The zero-order valence-electron chi connectivity index (χ0n) is 10.4. The van der Waals surface area contributed by atoms with Gasteiger partial charge in [-0.3, -0.25) is 0 Å². The molecule has 1 aliphatic heterocycles. The molecule has 1 amide bonds. The van der Waals surface area contributed by atoms with Crippen LogP contribution in [-0.2, 0) is 11.3 Å². The lowest BCUT2D eigenvalue weighted by atomic mass is 10.2. The molecule has 0 saturated carbocycles. The molecule has 2 rings (SSSR count). The minimum absolute atomic E-state index is 0.222. The summed E-state index contributed by atoms with van der Waals surface area (Å²) in [6.45, 7) is 4.37. The van der Waals surface area contributed by atoms with Crippen LogP contribution in [0.4, 0.5) is 9.93 Å². The number of hydrogen-bond acceptors (Lipinski definition) is 6. The fraction of sp³-hybridized carbons (Fsp3) is 0.636. The number of rotatable bonds is 4. The third kappa shape index (κ3) is 3.33. The van der Waals surface area contributed by atoms with Crippen molar-refractivity contribution in [2.75, 3.05) is 25.4 Å². The number of anilines is 1. The van der Waals surface area contributed by atoms with E-state index in [2.05, 4.69) is 10.3 Å². The van der Waals surface area contributed by atoms with Crippen LogP contribution < -0.4 is 11.1 Å². The van der Waals surface area contributed by atoms with E-state index in [4.69, 9.17) is 10.5 Å². The Labute approximate surface area is 110 Å². The lowest BCUT2D eigenvalue weighted by molar-refractivity contribution is 0.115. The van der Waals surface area contributed by atoms with Crippen LogP contribution in [0.5, 0.6) is 0 Å². The topological polar surface area (TPSA) is 80.5 Å². The Morgan fingerprint density at radius 2 is 2.61 bits per heavy atom. The molecule has 6 nitrogen and oxygen atoms in total. The quantitative estimate of drug-likeness (QED) is 0.854. The normalized spacial score (nSPS) is 19.2. The highest BCUT2D eigenvalue weighted by Gasteiger charge is 2.26. The number of nitrogen functional groups attached to an aromatic ring is 1. The van der Waals surface area contributed by atoms with Crippen LogP contribution in [0.2, 0.25) is 0 Å². The minimum atomic E-state index is -0.222. The van der Waals surface area contributed by atoms with Gasteiger partial charge in [-0.05, 0) is 13.3 Å². The van der Waals surface area contributed by atoms with E-state index in [9.17, 15) is 4.79 Å². The van der Waals surface area contributed by atoms with E-state index < -0.39 is 0 Å². The van der Waals surface area contributed by atoms with Gasteiger partial charge in [-0.2, -0.15) is 0 Å². The molecule has 3 N–H and O–H groups in total. The second-order valence-corrected chi connectivity index (χ2v) is 5.08. The summed E-state index contributed by atoms with van der Waals surface area (Å²) in [6.07, 6.45) is 0.720. The predicted molar refractivity (Wildman–Crippen MR) is 70.4 cm³/mol. The summed E-state index contributed by atoms with van der Waals surface area (Å²) in [6, 6.07) is 0.303. The summed E-state index contributed by atoms with van der Waals surface area (Å²) in [7, 11) is 0. The summed E-state index contributed by atoms with van der Waals surface area (Å²) in [5.74, 6) is 0. The number of likely N-dealkylation sites (tertiary alicyclic amines) is 1. The van der Waals surface area contributed by atoms with Gasteiger partial charge in [-0.1, -0.05) is 0 Å². The summed E-state index contributed by atoms with van der Waals surface area (Å²) in [5, 5.41) is 5.91. The standard InChI is InChI=1S/C11H18N4O2S/c1-2-17-11(16)15-4-3-8(6-15)13-5-9-7-18-10(12)14-9/h7-8,13H,2-6H2,1H3,(H2,12,14)/t8-/m1/s1. The van der Waals surface area contributed by atoms with Crippen molar-refractivity contribution in [3.05, 3.63) is 11.1 Å². The fourth-order valence-electron chi connectivity index (χ4n) is 1.96. The van der Waals surface area contributed by atoms with Crippen molar-refractivity contribution >= 4 is 22.6 Å². The number of nitrogens with two attached hydrogens (primary N) is 1. The van der Waals surface area contributed by atoms with Crippen LogP contribution in [0.15, 0.2) is 5.38 Å². The molecule has 1 fully saturated rings. The Balaban J connectivity index is 1.74. The Morgan fingerprint density at radius 1 is 1.78 bits per heavy atom. The van der Waals surface area contributed by atoms with Crippen molar-refractivity contribution < 1.29 is 9.53 Å². The van der Waals surface area contributed by atoms with Crippen molar-refractivity contribution in [3.8, 4) is 0 Å². The first kappa shape index (κ1) is 13.1. The van der Waals surface area contributed by atoms with Gasteiger partial charge in [0.15, 0.2) is 5.13 Å². The number of nitrogens with zero attached hydrogens (tertiary/aromatic N) is 2. The van der Waals surface area contributed by atoms with E-state index in [1.165, 1.54) is 11.3 Å². The van der Waals surface area contributed by atoms with Gasteiger partial charge in [-0.25, -0.2) is 9.78 Å². The molecule has 0 unspecified atom stereocenters. The summed E-state index contributed by atoms with van der Waals surface area (Å²) >= 11 is 1.44. The van der Waals surface area contributed by atoms with Gasteiger partial charge in [0.2, 0.25) is 0 Å². The maximum atomic E-state index is 11.5. The zero-order valence-corrected chi connectivity index (χ0v) is 11.2. The molecule has 0 bridgehead atoms. The van der Waals surface area contributed by atoms with E-state index in [1.807, 2.05) is 12.3 Å². The number of ether oxygens (including phenoxy) is 1. The Hall–Kier alpha value is -1.34. The van der Waals surface area contributed by atoms with Crippen molar-refractivity contribution in [1.29, 1.82) is 0 Å². The second-order valence-electron chi connectivity index (χ2n) is 4.19. The van der Waals surface area contributed by atoms with E-state index >= 15 is 0 Å². The van der Waals surface area contributed by atoms with Gasteiger partial charge >= 0.3 is 6.09 Å². The number of thiazole rings is 1. The lowest BCUT2D eigenvalue weighted by Gasteiger charge is -2.16. The van der Waals surface area contributed by atoms with Crippen molar-refractivity contribution in [3.63, 3.8) is 0 Å². The summed E-state index contributed by atoms with van der Waals surface area (Å²) in [5.41, 5.74) is 6.52. The van der Waals surface area contributed by atoms with Crippen LogP contribution in [0.25, 0.3) is 0 Å². The second kappa shape index (κ2) is 6.01. The number of nitrogens with one attached hydrogen (secondary N) is 1. The van der Waals surface area contributed by atoms with Crippen LogP contribution in [0.1, 0.15) is 19.0 Å². The van der Waals surface area contributed by atoms with Gasteiger partial charge in [0, 0.05) is 31.1 Å². The average Bonchev–Trinajstić information content (AvgIpc) is 2.95. The first-order chi connectivity index (χ1) is 8.69. The largest absolute Gasteiger partial charge is 0.450 e. The molecule has 1 aliphatic rings. The number of amides is 1. The Bertz CT molecular complexity index is 410. The Morgan fingerprint density at radius 3 is 3.28 bits per heavy atom. The molecule has 1 aromatic rings. The third-order valence-corrected chi connectivity index (χ3v) is 3.58. The third-order valence-electron chi connectivity index (χ3n) is 2.86. The van der Waals surface area contributed by atoms with Crippen LogP contribution in [0.3, 0.4) is 0 Å². The molecular weight excluding hydrogens is 252 g/mol. The van der Waals surface area contributed by atoms with Crippen molar-refractivity contribution in [1.82, 2.24) is 15.2 Å². The monoisotopic (exact) mass is 270 g/mol.